The lowest BCUT2D eigenvalue weighted by Gasteiger charge is -2.41. The van der Waals surface area contributed by atoms with Crippen molar-refractivity contribution >= 4 is 5.91 Å². The standard InChI is InChI=1S/C21H35N3O3/c1-15(2)20(24-13-16(3)27-17(4)14-24)21(25)22-12-18(19-8-7-11-26-19)23-9-5-6-10-23/h7-8,11,15-18,20H,5-6,9-10,12-14H2,1-4H3,(H,22,25). The van der Waals surface area contributed by atoms with Gasteiger partial charge < -0.3 is 14.5 Å². The van der Waals surface area contributed by atoms with Crippen LogP contribution in [0.5, 0.6) is 0 Å². The minimum atomic E-state index is -0.130. The van der Waals surface area contributed by atoms with Crippen LogP contribution in [0.1, 0.15) is 52.3 Å². The molecule has 0 bridgehead atoms. The van der Waals surface area contributed by atoms with E-state index in [1.165, 1.54) is 12.8 Å². The van der Waals surface area contributed by atoms with Crippen LogP contribution in [0.2, 0.25) is 0 Å². The van der Waals surface area contributed by atoms with Gasteiger partial charge in [-0.2, -0.15) is 0 Å². The van der Waals surface area contributed by atoms with Gasteiger partial charge in [0.2, 0.25) is 5.91 Å². The molecule has 0 saturated carbocycles. The fourth-order valence-electron chi connectivity index (χ4n) is 4.58. The lowest BCUT2D eigenvalue weighted by atomic mass is 9.99. The largest absolute Gasteiger partial charge is 0.468 e. The van der Waals surface area contributed by atoms with Gasteiger partial charge in [0, 0.05) is 19.6 Å². The second-order valence-electron chi connectivity index (χ2n) is 8.42. The summed E-state index contributed by atoms with van der Waals surface area (Å²) in [6.45, 7) is 12.7. The molecule has 0 spiro atoms. The molecular formula is C21H35N3O3. The maximum atomic E-state index is 13.1. The van der Waals surface area contributed by atoms with Crippen LogP contribution >= 0.6 is 0 Å². The molecule has 0 aliphatic carbocycles. The molecule has 1 N–H and O–H groups in total. The summed E-state index contributed by atoms with van der Waals surface area (Å²) >= 11 is 0. The molecule has 3 rings (SSSR count). The first-order chi connectivity index (χ1) is 13.0. The molecule has 2 aliphatic rings. The molecule has 2 saturated heterocycles. The van der Waals surface area contributed by atoms with Crippen molar-refractivity contribution in [1.29, 1.82) is 0 Å². The van der Waals surface area contributed by atoms with Crippen molar-refractivity contribution in [3.63, 3.8) is 0 Å². The second-order valence-corrected chi connectivity index (χ2v) is 8.42. The third-order valence-corrected chi connectivity index (χ3v) is 5.66. The second kappa shape index (κ2) is 9.22. The Labute approximate surface area is 163 Å². The third kappa shape index (κ3) is 5.12. The van der Waals surface area contributed by atoms with Gasteiger partial charge in [0.15, 0.2) is 0 Å². The number of carbonyl (C=O) groups excluding carboxylic acids is 1. The highest BCUT2D eigenvalue weighted by Crippen LogP contribution is 2.25. The Morgan fingerprint density at radius 2 is 1.85 bits per heavy atom. The van der Waals surface area contributed by atoms with E-state index in [1.54, 1.807) is 6.26 Å². The quantitative estimate of drug-likeness (QED) is 0.792. The van der Waals surface area contributed by atoms with E-state index in [1.807, 2.05) is 12.1 Å². The van der Waals surface area contributed by atoms with Crippen molar-refractivity contribution in [2.45, 2.75) is 64.8 Å². The van der Waals surface area contributed by atoms with Crippen LogP contribution in [0.25, 0.3) is 0 Å². The maximum Gasteiger partial charge on any atom is 0.237 e. The minimum Gasteiger partial charge on any atom is -0.468 e. The molecule has 0 aromatic carbocycles. The van der Waals surface area contributed by atoms with Crippen molar-refractivity contribution in [2.75, 3.05) is 32.7 Å². The topological polar surface area (TPSA) is 58.0 Å². The van der Waals surface area contributed by atoms with Crippen LogP contribution in [0.4, 0.5) is 0 Å². The normalized spacial score (nSPS) is 27.0. The molecule has 6 heteroatoms. The Hall–Kier alpha value is -1.37. The zero-order valence-corrected chi connectivity index (χ0v) is 17.2. The summed E-state index contributed by atoms with van der Waals surface area (Å²) in [6, 6.07) is 3.92. The zero-order valence-electron chi connectivity index (χ0n) is 17.2. The summed E-state index contributed by atoms with van der Waals surface area (Å²) in [5.41, 5.74) is 0. The highest BCUT2D eigenvalue weighted by molar-refractivity contribution is 5.82. The van der Waals surface area contributed by atoms with Gasteiger partial charge in [-0.15, -0.1) is 0 Å². The predicted molar refractivity (Wildman–Crippen MR) is 105 cm³/mol. The maximum absolute atomic E-state index is 13.1. The molecule has 2 aliphatic heterocycles. The average Bonchev–Trinajstić information content (AvgIpc) is 3.28. The SMILES string of the molecule is CC1CN(C(C(=O)NCC(c2ccco2)N2CCCC2)C(C)C)CC(C)O1. The molecule has 27 heavy (non-hydrogen) atoms. The third-order valence-electron chi connectivity index (χ3n) is 5.66. The molecule has 3 heterocycles. The van der Waals surface area contributed by atoms with Gasteiger partial charge in [0.1, 0.15) is 5.76 Å². The van der Waals surface area contributed by atoms with E-state index in [2.05, 4.69) is 42.8 Å². The number of ether oxygens (including phenoxy) is 1. The van der Waals surface area contributed by atoms with Crippen LogP contribution in [-0.4, -0.2) is 66.7 Å². The number of furan rings is 1. The Kier molecular flexibility index (Phi) is 6.95. The highest BCUT2D eigenvalue weighted by Gasteiger charge is 2.35. The number of nitrogens with one attached hydrogen (secondary N) is 1. The number of morpholine rings is 1. The van der Waals surface area contributed by atoms with Crippen molar-refractivity contribution in [3.8, 4) is 0 Å². The van der Waals surface area contributed by atoms with Crippen LogP contribution in [0, 0.1) is 5.92 Å². The van der Waals surface area contributed by atoms with Crippen LogP contribution in [0.3, 0.4) is 0 Å². The van der Waals surface area contributed by atoms with Crippen LogP contribution in [0.15, 0.2) is 22.8 Å². The summed E-state index contributed by atoms with van der Waals surface area (Å²) in [7, 11) is 0. The van der Waals surface area contributed by atoms with Gasteiger partial charge in [-0.1, -0.05) is 13.8 Å². The lowest BCUT2D eigenvalue weighted by Crippen LogP contribution is -2.57. The van der Waals surface area contributed by atoms with Crippen LogP contribution < -0.4 is 5.32 Å². The molecule has 0 radical (unpaired) electrons. The smallest absolute Gasteiger partial charge is 0.237 e. The van der Waals surface area contributed by atoms with E-state index < -0.39 is 0 Å². The van der Waals surface area contributed by atoms with E-state index >= 15 is 0 Å². The fraction of sp³-hybridized carbons (Fsp3) is 0.762. The lowest BCUT2D eigenvalue weighted by molar-refractivity contribution is -0.135. The number of carbonyl (C=O) groups is 1. The van der Waals surface area contributed by atoms with Gasteiger partial charge in [0.05, 0.1) is 30.6 Å². The van der Waals surface area contributed by atoms with Gasteiger partial charge >= 0.3 is 0 Å². The van der Waals surface area contributed by atoms with Crippen molar-refractivity contribution < 1.29 is 13.9 Å². The van der Waals surface area contributed by atoms with Crippen molar-refractivity contribution in [1.82, 2.24) is 15.1 Å². The van der Waals surface area contributed by atoms with Gasteiger partial charge in [-0.3, -0.25) is 14.6 Å². The van der Waals surface area contributed by atoms with E-state index in [0.29, 0.717) is 6.54 Å². The fourth-order valence-corrected chi connectivity index (χ4v) is 4.58. The first kappa shape index (κ1) is 20.4. The zero-order chi connectivity index (χ0) is 19.4. The monoisotopic (exact) mass is 377 g/mol. The summed E-state index contributed by atoms with van der Waals surface area (Å²) < 4.78 is 11.5. The molecule has 1 aromatic heterocycles. The summed E-state index contributed by atoms with van der Waals surface area (Å²) in [6.07, 6.45) is 4.45. The average molecular weight is 378 g/mol. The number of hydrogen-bond donors (Lipinski definition) is 1. The molecule has 4 unspecified atom stereocenters. The number of rotatable bonds is 7. The van der Waals surface area contributed by atoms with Gasteiger partial charge in [-0.25, -0.2) is 0 Å². The van der Waals surface area contributed by atoms with E-state index in [4.69, 9.17) is 9.15 Å². The first-order valence-corrected chi connectivity index (χ1v) is 10.4. The molecule has 2 fully saturated rings. The van der Waals surface area contributed by atoms with Gasteiger partial charge in [0.25, 0.3) is 0 Å². The number of nitrogens with zero attached hydrogens (tertiary/aromatic N) is 2. The Bertz CT molecular complexity index is 574. The highest BCUT2D eigenvalue weighted by atomic mass is 16.5. The van der Waals surface area contributed by atoms with Crippen LogP contribution in [-0.2, 0) is 9.53 Å². The summed E-state index contributed by atoms with van der Waals surface area (Å²) in [4.78, 5) is 17.9. The predicted octanol–water partition coefficient (Wildman–Crippen LogP) is 2.67. The molecule has 4 atom stereocenters. The number of amides is 1. The number of hydrogen-bond acceptors (Lipinski definition) is 5. The molecular weight excluding hydrogens is 342 g/mol. The minimum absolute atomic E-state index is 0.113. The Morgan fingerprint density at radius 1 is 1.19 bits per heavy atom. The Morgan fingerprint density at radius 3 is 2.41 bits per heavy atom. The van der Waals surface area contributed by atoms with E-state index in [9.17, 15) is 4.79 Å². The molecule has 6 nitrogen and oxygen atoms in total. The Balaban J connectivity index is 1.65. The molecule has 1 amide bonds. The summed E-state index contributed by atoms with van der Waals surface area (Å²) in [5.74, 6) is 1.30. The first-order valence-electron chi connectivity index (χ1n) is 10.4. The van der Waals surface area contributed by atoms with E-state index in [-0.39, 0.29) is 36.1 Å². The molecule has 152 valence electrons. The molecule has 1 aromatic rings. The van der Waals surface area contributed by atoms with Crippen molar-refractivity contribution in [3.05, 3.63) is 24.2 Å². The van der Waals surface area contributed by atoms with Crippen molar-refractivity contribution in [2.24, 2.45) is 5.92 Å². The number of likely N-dealkylation sites (tertiary alicyclic amines) is 1. The summed E-state index contributed by atoms with van der Waals surface area (Å²) in [5, 5.41) is 3.23. The van der Waals surface area contributed by atoms with Gasteiger partial charge in [-0.05, 0) is 57.8 Å². The van der Waals surface area contributed by atoms with E-state index in [0.717, 1.165) is 31.9 Å².